The van der Waals surface area contributed by atoms with Gasteiger partial charge in [0, 0.05) is 31.7 Å². The monoisotopic (exact) mass is 389 g/mol. The molecule has 1 aromatic rings. The molecule has 2 fully saturated rings. The smallest absolute Gasteiger partial charge is 0.321 e. The number of amides is 3. The first-order chi connectivity index (χ1) is 13.6. The number of hydrogen-bond acceptors (Lipinski definition) is 2. The number of carbonyl (C=O) groups is 2. The average molecular weight is 390 g/mol. The Morgan fingerprint density at radius 1 is 1.07 bits per heavy atom. The molecular weight excluding hydrogens is 357 g/mol. The van der Waals surface area contributed by atoms with Crippen molar-refractivity contribution in [3.05, 3.63) is 30.1 Å². The molecule has 3 amide bonds. The third kappa shape index (κ3) is 6.50. The average Bonchev–Trinajstić information content (AvgIpc) is 2.72. The number of nitrogens with one attached hydrogen (secondary N) is 2. The van der Waals surface area contributed by atoms with Gasteiger partial charge in [-0.2, -0.15) is 0 Å². The van der Waals surface area contributed by atoms with Crippen molar-refractivity contribution in [3.63, 3.8) is 0 Å². The van der Waals surface area contributed by atoms with Crippen LogP contribution in [0, 0.1) is 17.7 Å². The maximum atomic E-state index is 13.3. The molecule has 1 atom stereocenters. The number of piperidine rings is 1. The number of carbonyl (C=O) groups excluding carboxylic acids is 2. The van der Waals surface area contributed by atoms with Gasteiger partial charge in [0.25, 0.3) is 0 Å². The van der Waals surface area contributed by atoms with Crippen LogP contribution in [-0.4, -0.2) is 36.5 Å². The van der Waals surface area contributed by atoms with Crippen molar-refractivity contribution in [1.82, 2.24) is 10.2 Å². The fourth-order valence-electron chi connectivity index (χ4n) is 4.33. The second-order valence-electron chi connectivity index (χ2n) is 8.24. The van der Waals surface area contributed by atoms with Gasteiger partial charge in [-0.1, -0.05) is 25.3 Å². The van der Waals surface area contributed by atoms with Gasteiger partial charge in [0.15, 0.2) is 0 Å². The molecule has 0 radical (unpaired) electrons. The molecule has 3 rings (SSSR count). The van der Waals surface area contributed by atoms with Crippen LogP contribution in [0.15, 0.2) is 24.3 Å². The van der Waals surface area contributed by atoms with E-state index in [0.29, 0.717) is 37.0 Å². The molecule has 1 saturated heterocycles. The van der Waals surface area contributed by atoms with Gasteiger partial charge in [0.1, 0.15) is 5.82 Å². The highest BCUT2D eigenvalue weighted by molar-refractivity contribution is 5.89. The molecule has 0 aromatic heterocycles. The highest BCUT2D eigenvalue weighted by Crippen LogP contribution is 2.24. The van der Waals surface area contributed by atoms with Crippen LogP contribution in [0.4, 0.5) is 14.9 Å². The molecule has 1 heterocycles. The lowest BCUT2D eigenvalue weighted by molar-refractivity contribution is -0.121. The quantitative estimate of drug-likeness (QED) is 0.750. The van der Waals surface area contributed by atoms with Gasteiger partial charge in [-0.25, -0.2) is 9.18 Å². The largest absolute Gasteiger partial charge is 0.356 e. The van der Waals surface area contributed by atoms with E-state index in [1.54, 1.807) is 17.0 Å². The van der Waals surface area contributed by atoms with Crippen molar-refractivity contribution >= 4 is 17.6 Å². The van der Waals surface area contributed by atoms with Crippen LogP contribution in [0.1, 0.15) is 57.8 Å². The van der Waals surface area contributed by atoms with Crippen molar-refractivity contribution in [3.8, 4) is 0 Å². The summed E-state index contributed by atoms with van der Waals surface area (Å²) >= 11 is 0. The molecule has 1 unspecified atom stereocenters. The summed E-state index contributed by atoms with van der Waals surface area (Å²) in [6.45, 7) is 2.16. The van der Waals surface area contributed by atoms with Crippen LogP contribution >= 0.6 is 0 Å². The maximum Gasteiger partial charge on any atom is 0.321 e. The van der Waals surface area contributed by atoms with E-state index in [4.69, 9.17) is 0 Å². The van der Waals surface area contributed by atoms with Crippen molar-refractivity contribution in [2.75, 3.05) is 25.0 Å². The van der Waals surface area contributed by atoms with Crippen molar-refractivity contribution in [2.24, 2.45) is 11.8 Å². The van der Waals surface area contributed by atoms with Gasteiger partial charge in [-0.05, 0) is 62.1 Å². The summed E-state index contributed by atoms with van der Waals surface area (Å²) in [7, 11) is 0. The van der Waals surface area contributed by atoms with E-state index >= 15 is 0 Å². The van der Waals surface area contributed by atoms with E-state index in [0.717, 1.165) is 25.8 Å². The second kappa shape index (κ2) is 10.4. The molecule has 2 aliphatic rings. The molecule has 154 valence electrons. The first-order valence-corrected chi connectivity index (χ1v) is 10.7. The molecule has 1 saturated carbocycles. The fraction of sp³-hybridized carbons (Fsp3) is 0.636. The molecule has 1 aromatic carbocycles. The van der Waals surface area contributed by atoms with Crippen LogP contribution in [-0.2, 0) is 4.79 Å². The Balaban J connectivity index is 1.38. The number of halogens is 1. The molecule has 1 aliphatic carbocycles. The maximum absolute atomic E-state index is 13.3. The Hall–Kier alpha value is -2.11. The number of hydrogen-bond donors (Lipinski definition) is 2. The Labute approximate surface area is 167 Å². The predicted molar refractivity (Wildman–Crippen MR) is 109 cm³/mol. The molecule has 28 heavy (non-hydrogen) atoms. The second-order valence-corrected chi connectivity index (χ2v) is 8.24. The Kier molecular flexibility index (Phi) is 7.69. The lowest BCUT2D eigenvalue weighted by Gasteiger charge is -2.32. The Bertz CT molecular complexity index is 661. The topological polar surface area (TPSA) is 61.4 Å². The van der Waals surface area contributed by atoms with Crippen molar-refractivity contribution < 1.29 is 14.0 Å². The summed E-state index contributed by atoms with van der Waals surface area (Å²) in [5, 5.41) is 5.86. The third-order valence-corrected chi connectivity index (χ3v) is 5.97. The number of rotatable bonds is 6. The number of nitrogens with zero attached hydrogens (tertiary/aromatic N) is 1. The molecule has 2 N–H and O–H groups in total. The fourth-order valence-corrected chi connectivity index (χ4v) is 4.33. The zero-order valence-corrected chi connectivity index (χ0v) is 16.6. The third-order valence-electron chi connectivity index (χ3n) is 5.97. The summed E-state index contributed by atoms with van der Waals surface area (Å²) in [5.41, 5.74) is 0.467. The van der Waals surface area contributed by atoms with E-state index in [2.05, 4.69) is 10.6 Å². The van der Waals surface area contributed by atoms with Crippen LogP contribution < -0.4 is 10.6 Å². The molecule has 0 bridgehead atoms. The van der Waals surface area contributed by atoms with Crippen LogP contribution in [0.5, 0.6) is 0 Å². The van der Waals surface area contributed by atoms with E-state index in [9.17, 15) is 14.0 Å². The number of urea groups is 1. The molecule has 6 heteroatoms. The minimum atomic E-state index is -0.367. The van der Waals surface area contributed by atoms with Gasteiger partial charge in [0.05, 0.1) is 0 Å². The molecule has 0 spiro atoms. The standard InChI is InChI=1S/C22H32FN3O2/c23-19-9-4-10-20(14-19)25-22(28)26-13-5-8-18(16-26)11-12-21(27)24-15-17-6-2-1-3-7-17/h4,9-10,14,17-18H,1-3,5-8,11-13,15-16H2,(H,24,27)(H,25,28). The summed E-state index contributed by atoms with van der Waals surface area (Å²) in [4.78, 5) is 26.4. The summed E-state index contributed by atoms with van der Waals surface area (Å²) in [6, 6.07) is 5.73. The van der Waals surface area contributed by atoms with Gasteiger partial charge in [0.2, 0.25) is 5.91 Å². The minimum Gasteiger partial charge on any atom is -0.356 e. The highest BCUT2D eigenvalue weighted by atomic mass is 19.1. The van der Waals surface area contributed by atoms with E-state index in [1.807, 2.05) is 0 Å². The first kappa shape index (κ1) is 20.6. The summed E-state index contributed by atoms with van der Waals surface area (Å²) < 4.78 is 13.3. The zero-order valence-electron chi connectivity index (χ0n) is 16.6. The first-order valence-electron chi connectivity index (χ1n) is 10.7. The zero-order chi connectivity index (χ0) is 19.8. The SMILES string of the molecule is O=C(CCC1CCCN(C(=O)Nc2cccc(F)c2)C1)NCC1CCCCC1. The van der Waals surface area contributed by atoms with Gasteiger partial charge < -0.3 is 15.5 Å². The van der Waals surface area contributed by atoms with Crippen molar-refractivity contribution in [1.29, 1.82) is 0 Å². The predicted octanol–water partition coefficient (Wildman–Crippen LogP) is 4.55. The minimum absolute atomic E-state index is 0.131. The lowest BCUT2D eigenvalue weighted by Crippen LogP contribution is -2.42. The normalized spacial score (nSPS) is 20.6. The number of anilines is 1. The molecule has 1 aliphatic heterocycles. The molecule has 5 nitrogen and oxygen atoms in total. The highest BCUT2D eigenvalue weighted by Gasteiger charge is 2.24. The van der Waals surface area contributed by atoms with Crippen LogP contribution in [0.3, 0.4) is 0 Å². The van der Waals surface area contributed by atoms with Crippen LogP contribution in [0.2, 0.25) is 0 Å². The summed E-state index contributed by atoms with van der Waals surface area (Å²) in [5.74, 6) is 0.752. The molecular formula is C22H32FN3O2. The van der Waals surface area contributed by atoms with Gasteiger partial charge >= 0.3 is 6.03 Å². The van der Waals surface area contributed by atoms with Crippen LogP contribution in [0.25, 0.3) is 0 Å². The van der Waals surface area contributed by atoms with Gasteiger partial charge in [-0.3, -0.25) is 4.79 Å². The van der Waals surface area contributed by atoms with E-state index in [-0.39, 0.29) is 17.8 Å². The Morgan fingerprint density at radius 2 is 1.86 bits per heavy atom. The van der Waals surface area contributed by atoms with E-state index < -0.39 is 0 Å². The van der Waals surface area contributed by atoms with Crippen molar-refractivity contribution in [2.45, 2.75) is 57.8 Å². The lowest BCUT2D eigenvalue weighted by atomic mass is 9.89. The van der Waals surface area contributed by atoms with Gasteiger partial charge in [-0.15, -0.1) is 0 Å². The number of benzene rings is 1. The summed E-state index contributed by atoms with van der Waals surface area (Å²) in [6.07, 6.45) is 9.68. The number of likely N-dealkylation sites (tertiary alicyclic amines) is 1. The van der Waals surface area contributed by atoms with E-state index in [1.165, 1.54) is 44.2 Å². The Morgan fingerprint density at radius 3 is 2.64 bits per heavy atom.